The van der Waals surface area contributed by atoms with Crippen molar-refractivity contribution in [3.63, 3.8) is 0 Å². The largest absolute Gasteiger partial charge is 0.475 e. The zero-order valence-electron chi connectivity index (χ0n) is 14.4. The number of aromatic nitrogens is 1. The Morgan fingerprint density at radius 3 is 2.72 bits per heavy atom. The summed E-state index contributed by atoms with van der Waals surface area (Å²) in [7, 11) is 4.04. The number of benzene rings is 1. The number of likely N-dealkylation sites (N-methyl/N-ethyl adjacent to an activating group) is 1. The molecule has 0 radical (unpaired) electrons. The van der Waals surface area contributed by atoms with E-state index in [4.69, 9.17) is 19.1 Å². The van der Waals surface area contributed by atoms with E-state index in [2.05, 4.69) is 17.1 Å². The number of hydrogen-bond donors (Lipinski definition) is 0. The molecule has 1 aromatic carbocycles. The van der Waals surface area contributed by atoms with E-state index >= 15 is 0 Å². The van der Waals surface area contributed by atoms with E-state index < -0.39 is 0 Å². The predicted octanol–water partition coefficient (Wildman–Crippen LogP) is 3.26. The van der Waals surface area contributed by atoms with Gasteiger partial charge in [0.2, 0.25) is 11.8 Å². The average molecular weight is 335 g/mol. The summed E-state index contributed by atoms with van der Waals surface area (Å²) in [4.78, 5) is 11.5. The Hall–Kier alpha value is -2.66. The molecule has 2 aromatic rings. The van der Waals surface area contributed by atoms with Gasteiger partial charge in [0.05, 0.1) is 12.0 Å². The van der Waals surface area contributed by atoms with Gasteiger partial charge in [-0.15, -0.1) is 0 Å². The quantitative estimate of drug-likeness (QED) is 0.860. The first-order valence-electron chi connectivity index (χ1n) is 8.49. The van der Waals surface area contributed by atoms with E-state index in [-0.39, 0.29) is 12.0 Å². The van der Waals surface area contributed by atoms with E-state index in [1.54, 1.807) is 0 Å². The smallest absolute Gasteiger partial charge is 0.239 e. The minimum Gasteiger partial charge on any atom is -0.475 e. The molecule has 2 atom stereocenters. The molecule has 0 fully saturated rings. The Kier molecular flexibility index (Phi) is 4.24. The Balaban J connectivity index is 1.70. The molecule has 5 nitrogen and oxygen atoms in total. The molecule has 1 aromatic heterocycles. The topological polar surface area (TPSA) is 50.9 Å². The second-order valence-electron chi connectivity index (χ2n) is 6.47. The fraction of sp³-hybridized carbons (Fsp3) is 0.300. The molecule has 0 bridgehead atoms. The van der Waals surface area contributed by atoms with Crippen molar-refractivity contribution in [2.24, 2.45) is 4.99 Å². The summed E-state index contributed by atoms with van der Waals surface area (Å²) in [6.07, 6.45) is 8.24. The first-order valence-corrected chi connectivity index (χ1v) is 8.49. The van der Waals surface area contributed by atoms with Crippen molar-refractivity contribution in [2.45, 2.75) is 12.0 Å². The van der Waals surface area contributed by atoms with Crippen LogP contribution in [0.1, 0.15) is 17.4 Å². The molecule has 0 saturated heterocycles. The lowest BCUT2D eigenvalue weighted by Crippen LogP contribution is -2.28. The summed E-state index contributed by atoms with van der Waals surface area (Å²) < 4.78 is 12.1. The van der Waals surface area contributed by atoms with Crippen LogP contribution in [0.4, 0.5) is 0 Å². The summed E-state index contributed by atoms with van der Waals surface area (Å²) in [6, 6.07) is 9.93. The number of oxazole rings is 1. The maximum atomic E-state index is 6.15. The minimum atomic E-state index is 0.00318. The van der Waals surface area contributed by atoms with E-state index in [0.717, 1.165) is 23.6 Å². The van der Waals surface area contributed by atoms with Crippen LogP contribution in [0.3, 0.4) is 0 Å². The second-order valence-corrected chi connectivity index (χ2v) is 6.47. The third-order valence-corrected chi connectivity index (χ3v) is 4.33. The van der Waals surface area contributed by atoms with Gasteiger partial charge in [0.1, 0.15) is 12.4 Å². The van der Waals surface area contributed by atoms with E-state index in [0.29, 0.717) is 18.4 Å². The molecule has 0 spiro atoms. The lowest BCUT2D eigenvalue weighted by molar-refractivity contribution is 0.248. The van der Waals surface area contributed by atoms with Gasteiger partial charge in [-0.3, -0.25) is 0 Å². The zero-order chi connectivity index (χ0) is 17.2. The van der Waals surface area contributed by atoms with Crippen molar-refractivity contribution in [1.82, 2.24) is 9.88 Å². The fourth-order valence-corrected chi connectivity index (χ4v) is 3.00. The van der Waals surface area contributed by atoms with Gasteiger partial charge in [0.25, 0.3) is 0 Å². The van der Waals surface area contributed by atoms with Gasteiger partial charge in [0, 0.05) is 12.1 Å². The molecule has 0 amide bonds. The van der Waals surface area contributed by atoms with E-state index in [9.17, 15) is 0 Å². The number of fused-ring (bicyclic) bond motifs is 3. The molecule has 2 unspecified atom stereocenters. The van der Waals surface area contributed by atoms with Gasteiger partial charge in [-0.2, -0.15) is 0 Å². The first kappa shape index (κ1) is 15.8. The van der Waals surface area contributed by atoms with Crippen LogP contribution < -0.4 is 0 Å². The number of ether oxygens (including phenoxy) is 1. The maximum absolute atomic E-state index is 6.15. The normalized spacial score (nSPS) is 21.0. The number of allylic oxidation sites excluding steroid dienone is 2. The second kappa shape index (κ2) is 6.69. The molecule has 1 aliphatic carbocycles. The lowest BCUT2D eigenvalue weighted by atomic mass is 9.90. The summed E-state index contributed by atoms with van der Waals surface area (Å²) in [5, 5.41) is 0. The molecular weight excluding hydrogens is 314 g/mol. The number of hydrogen-bond acceptors (Lipinski definition) is 5. The summed E-state index contributed by atoms with van der Waals surface area (Å²) >= 11 is 0. The van der Waals surface area contributed by atoms with Gasteiger partial charge in [0.15, 0.2) is 5.69 Å². The van der Waals surface area contributed by atoms with Crippen LogP contribution in [0.15, 0.2) is 64.0 Å². The van der Waals surface area contributed by atoms with Crippen molar-refractivity contribution in [2.75, 3.05) is 27.2 Å². The van der Waals surface area contributed by atoms with Crippen molar-refractivity contribution in [3.8, 4) is 11.5 Å². The van der Waals surface area contributed by atoms with Gasteiger partial charge >= 0.3 is 0 Å². The first-order chi connectivity index (χ1) is 12.2. The minimum absolute atomic E-state index is 0.00318. The number of aliphatic imine (C=N–C) groups is 1. The molecular formula is C20H21N3O2. The van der Waals surface area contributed by atoms with Crippen molar-refractivity contribution < 1.29 is 9.15 Å². The highest BCUT2D eigenvalue weighted by atomic mass is 16.5. The lowest BCUT2D eigenvalue weighted by Gasteiger charge is -2.25. The molecule has 1 aliphatic heterocycles. The maximum Gasteiger partial charge on any atom is 0.239 e. The fourth-order valence-electron chi connectivity index (χ4n) is 3.00. The third kappa shape index (κ3) is 3.15. The van der Waals surface area contributed by atoms with E-state index in [1.807, 2.05) is 56.6 Å². The van der Waals surface area contributed by atoms with Crippen LogP contribution in [-0.4, -0.2) is 49.1 Å². The standard InChI is InChI=1S/C20H21N3O2/c1-23(2)12-13-24-20-17-18(15-10-6-7-11-16(15)21-20)25-19(22-17)14-8-4-3-5-9-14/h3-11,15-16H,12-13H2,1-2H3. The molecule has 2 heterocycles. The molecule has 25 heavy (non-hydrogen) atoms. The van der Waals surface area contributed by atoms with Crippen LogP contribution in [0.5, 0.6) is 0 Å². The number of nitrogens with zero attached hydrogens (tertiary/aromatic N) is 3. The SMILES string of the molecule is CN(C)CCOC1=NC2C=CC=CC2c2oc(-c3ccccc3)nc21. The van der Waals surface area contributed by atoms with Gasteiger partial charge < -0.3 is 14.1 Å². The van der Waals surface area contributed by atoms with Gasteiger partial charge in [-0.25, -0.2) is 9.98 Å². The Morgan fingerprint density at radius 1 is 1.12 bits per heavy atom. The summed E-state index contributed by atoms with van der Waals surface area (Å²) in [5.74, 6) is 2.09. The molecule has 2 aliphatic rings. The Bertz CT molecular complexity index is 834. The monoisotopic (exact) mass is 335 g/mol. The van der Waals surface area contributed by atoms with Crippen LogP contribution in [0.2, 0.25) is 0 Å². The highest BCUT2D eigenvalue weighted by molar-refractivity contribution is 5.95. The van der Waals surface area contributed by atoms with Crippen LogP contribution in [0, 0.1) is 0 Å². The Morgan fingerprint density at radius 2 is 1.92 bits per heavy atom. The molecule has 0 saturated carbocycles. The van der Waals surface area contributed by atoms with Gasteiger partial charge in [-0.05, 0) is 26.2 Å². The summed E-state index contributed by atoms with van der Waals surface area (Å²) in [6.45, 7) is 1.39. The summed E-state index contributed by atoms with van der Waals surface area (Å²) in [5.41, 5.74) is 1.68. The molecule has 0 N–H and O–H groups in total. The molecule has 4 rings (SSSR count). The third-order valence-electron chi connectivity index (χ3n) is 4.33. The van der Waals surface area contributed by atoms with Crippen molar-refractivity contribution in [3.05, 3.63) is 66.1 Å². The number of rotatable bonds is 4. The highest BCUT2D eigenvalue weighted by Crippen LogP contribution is 2.37. The Labute approximate surface area is 147 Å². The van der Waals surface area contributed by atoms with E-state index in [1.165, 1.54) is 0 Å². The molecule has 5 heteroatoms. The van der Waals surface area contributed by atoms with Crippen LogP contribution >= 0.6 is 0 Å². The highest BCUT2D eigenvalue weighted by Gasteiger charge is 2.35. The average Bonchev–Trinajstić information content (AvgIpc) is 3.08. The predicted molar refractivity (Wildman–Crippen MR) is 97.8 cm³/mol. The van der Waals surface area contributed by atoms with Crippen molar-refractivity contribution >= 4 is 5.90 Å². The zero-order valence-corrected chi connectivity index (χ0v) is 14.4. The van der Waals surface area contributed by atoms with Crippen LogP contribution in [-0.2, 0) is 4.74 Å². The van der Waals surface area contributed by atoms with Crippen molar-refractivity contribution in [1.29, 1.82) is 0 Å². The molecule has 128 valence electrons. The van der Waals surface area contributed by atoms with Gasteiger partial charge in [-0.1, -0.05) is 42.5 Å². The van der Waals surface area contributed by atoms with Crippen LogP contribution in [0.25, 0.3) is 11.5 Å².